The van der Waals surface area contributed by atoms with E-state index in [1.165, 1.54) is 4.90 Å². The van der Waals surface area contributed by atoms with Crippen molar-refractivity contribution in [3.63, 3.8) is 0 Å². The summed E-state index contributed by atoms with van der Waals surface area (Å²) in [6.07, 6.45) is 0. The molecule has 3 rings (SSSR count). The number of para-hydroxylation sites is 2. The highest BCUT2D eigenvalue weighted by atomic mass is 16.2. The lowest BCUT2D eigenvalue weighted by Gasteiger charge is -2.45. The molecule has 3 aromatic carbocycles. The first-order valence-electron chi connectivity index (χ1n) is 10.7. The first-order valence-corrected chi connectivity index (χ1v) is 10.7. The Morgan fingerprint density at radius 1 is 0.848 bits per heavy atom. The molecule has 3 aromatic rings. The summed E-state index contributed by atoms with van der Waals surface area (Å²) >= 11 is 0. The fourth-order valence-corrected chi connectivity index (χ4v) is 4.00. The number of urea groups is 1. The summed E-state index contributed by atoms with van der Waals surface area (Å²) in [5, 5.41) is 5.27. The second-order valence-corrected chi connectivity index (χ2v) is 7.89. The van der Waals surface area contributed by atoms with Crippen LogP contribution in [0.4, 0.5) is 16.2 Å². The first kappa shape index (κ1) is 23.5. The van der Waals surface area contributed by atoms with Gasteiger partial charge in [-0.2, -0.15) is 0 Å². The number of nitrogens with two attached hydrogens (primary N) is 1. The molecule has 0 aliphatic carbocycles. The second-order valence-electron chi connectivity index (χ2n) is 7.89. The number of carbonyl (C=O) groups excluding carboxylic acids is 3. The molecule has 0 saturated heterocycles. The molecule has 0 aliphatic heterocycles. The van der Waals surface area contributed by atoms with Gasteiger partial charge in [-0.15, -0.1) is 0 Å². The molecule has 0 saturated carbocycles. The Morgan fingerprint density at radius 3 is 1.88 bits per heavy atom. The molecule has 7 nitrogen and oxygen atoms in total. The van der Waals surface area contributed by atoms with E-state index in [2.05, 4.69) is 10.6 Å². The van der Waals surface area contributed by atoms with Gasteiger partial charge in [-0.05, 0) is 35.7 Å². The molecule has 1 unspecified atom stereocenters. The zero-order valence-electron chi connectivity index (χ0n) is 18.7. The maximum Gasteiger partial charge on any atom is 0.319 e. The Morgan fingerprint density at radius 2 is 1.36 bits per heavy atom. The van der Waals surface area contributed by atoms with Gasteiger partial charge in [0.1, 0.15) is 0 Å². The van der Waals surface area contributed by atoms with E-state index in [9.17, 15) is 14.4 Å². The fraction of sp³-hybridized carbons (Fsp3) is 0.192. The summed E-state index contributed by atoms with van der Waals surface area (Å²) in [5.41, 5.74) is 6.24. The van der Waals surface area contributed by atoms with Crippen LogP contribution in [0.2, 0.25) is 0 Å². The van der Waals surface area contributed by atoms with Crippen molar-refractivity contribution < 1.29 is 14.4 Å². The number of nitrogens with one attached hydrogen (secondary N) is 2. The third kappa shape index (κ3) is 5.03. The van der Waals surface area contributed by atoms with Crippen LogP contribution < -0.4 is 21.3 Å². The normalized spacial score (nSPS) is 12.5. The van der Waals surface area contributed by atoms with Crippen LogP contribution in [0.15, 0.2) is 91.0 Å². The van der Waals surface area contributed by atoms with Crippen molar-refractivity contribution in [3.05, 3.63) is 96.6 Å². The van der Waals surface area contributed by atoms with Crippen molar-refractivity contribution in [2.24, 2.45) is 11.7 Å². The molecule has 0 fully saturated rings. The van der Waals surface area contributed by atoms with Gasteiger partial charge in [0, 0.05) is 11.4 Å². The van der Waals surface area contributed by atoms with Crippen molar-refractivity contribution in [3.8, 4) is 0 Å². The molecule has 7 heteroatoms. The van der Waals surface area contributed by atoms with Gasteiger partial charge in [0.2, 0.25) is 11.8 Å². The summed E-state index contributed by atoms with van der Waals surface area (Å²) in [6, 6.07) is 26.2. The number of primary amides is 1. The van der Waals surface area contributed by atoms with Gasteiger partial charge in [-0.3, -0.25) is 14.5 Å². The van der Waals surface area contributed by atoms with E-state index in [0.29, 0.717) is 16.9 Å². The van der Waals surface area contributed by atoms with E-state index < -0.39 is 23.4 Å². The van der Waals surface area contributed by atoms with Gasteiger partial charge in [0.15, 0.2) is 5.54 Å². The Bertz CT molecular complexity index is 1090. The number of hydrogen-bond donors (Lipinski definition) is 3. The minimum absolute atomic E-state index is 0.331. The van der Waals surface area contributed by atoms with Gasteiger partial charge >= 0.3 is 6.03 Å². The standard InChI is InChI=1S/C26H28N4O3/c1-19(2)26(24(27)32,20-12-6-3-7-13-20)30(22-16-10-5-11-17-22)23(31)18-28-25(33)29-21-14-8-4-9-15-21/h3-17,19H,18H2,1-2H3,(H2,27,32)(H2,28,29,33). The van der Waals surface area contributed by atoms with Crippen molar-refractivity contribution in [1.82, 2.24) is 5.32 Å². The van der Waals surface area contributed by atoms with Gasteiger partial charge in [0.05, 0.1) is 6.54 Å². The molecule has 0 spiro atoms. The van der Waals surface area contributed by atoms with E-state index >= 15 is 0 Å². The summed E-state index contributed by atoms with van der Waals surface area (Å²) in [7, 11) is 0. The molecule has 4 N–H and O–H groups in total. The highest BCUT2D eigenvalue weighted by Crippen LogP contribution is 2.39. The topological polar surface area (TPSA) is 105 Å². The highest BCUT2D eigenvalue weighted by Gasteiger charge is 2.50. The second kappa shape index (κ2) is 10.5. The number of amides is 4. The largest absolute Gasteiger partial charge is 0.367 e. The van der Waals surface area contributed by atoms with E-state index in [-0.39, 0.29) is 12.5 Å². The average molecular weight is 445 g/mol. The van der Waals surface area contributed by atoms with Crippen molar-refractivity contribution in [1.29, 1.82) is 0 Å². The Labute approximate surface area is 193 Å². The van der Waals surface area contributed by atoms with Crippen LogP contribution in [-0.2, 0) is 15.1 Å². The van der Waals surface area contributed by atoms with Crippen molar-refractivity contribution >= 4 is 29.2 Å². The van der Waals surface area contributed by atoms with Crippen LogP contribution in [-0.4, -0.2) is 24.4 Å². The predicted octanol–water partition coefficient (Wildman–Crippen LogP) is 3.88. The molecule has 4 amide bonds. The molecule has 1 atom stereocenters. The minimum Gasteiger partial charge on any atom is -0.367 e. The number of nitrogens with zero attached hydrogens (tertiary/aromatic N) is 1. The van der Waals surface area contributed by atoms with Gasteiger partial charge in [0.25, 0.3) is 0 Å². The van der Waals surface area contributed by atoms with E-state index in [1.54, 1.807) is 72.8 Å². The van der Waals surface area contributed by atoms with Crippen LogP contribution >= 0.6 is 0 Å². The molecular weight excluding hydrogens is 416 g/mol. The molecule has 0 bridgehead atoms. The van der Waals surface area contributed by atoms with E-state index in [4.69, 9.17) is 5.73 Å². The molecule has 0 radical (unpaired) electrons. The number of hydrogen-bond acceptors (Lipinski definition) is 3. The van der Waals surface area contributed by atoms with Crippen LogP contribution in [0.3, 0.4) is 0 Å². The fourth-order valence-electron chi connectivity index (χ4n) is 4.00. The Hall–Kier alpha value is -4.13. The molecule has 0 aromatic heterocycles. The minimum atomic E-state index is -1.46. The molecule has 0 heterocycles. The molecule has 33 heavy (non-hydrogen) atoms. The lowest BCUT2D eigenvalue weighted by Crippen LogP contribution is -2.62. The zero-order valence-corrected chi connectivity index (χ0v) is 18.7. The summed E-state index contributed by atoms with van der Waals surface area (Å²) in [4.78, 5) is 40.5. The van der Waals surface area contributed by atoms with Crippen LogP contribution in [0.25, 0.3) is 0 Å². The Balaban J connectivity index is 1.97. The van der Waals surface area contributed by atoms with E-state index in [1.807, 2.05) is 32.0 Å². The smallest absolute Gasteiger partial charge is 0.319 e. The maximum absolute atomic E-state index is 13.6. The maximum atomic E-state index is 13.6. The Kier molecular flexibility index (Phi) is 7.46. The average Bonchev–Trinajstić information content (AvgIpc) is 2.82. The molecule has 0 aliphatic rings. The first-order chi connectivity index (χ1) is 15.9. The summed E-state index contributed by atoms with van der Waals surface area (Å²) in [6.45, 7) is 3.36. The number of rotatable bonds is 8. The van der Waals surface area contributed by atoms with Crippen molar-refractivity contribution in [2.45, 2.75) is 19.4 Å². The van der Waals surface area contributed by atoms with Gasteiger partial charge in [-0.25, -0.2) is 4.79 Å². The van der Waals surface area contributed by atoms with Crippen LogP contribution in [0.5, 0.6) is 0 Å². The lowest BCUT2D eigenvalue weighted by atomic mass is 9.77. The number of anilines is 2. The lowest BCUT2D eigenvalue weighted by molar-refractivity contribution is -0.130. The zero-order chi connectivity index (χ0) is 23.8. The monoisotopic (exact) mass is 444 g/mol. The van der Waals surface area contributed by atoms with Gasteiger partial charge in [-0.1, -0.05) is 80.6 Å². The number of benzene rings is 3. The third-order valence-corrected chi connectivity index (χ3v) is 5.47. The third-order valence-electron chi connectivity index (χ3n) is 5.47. The quantitative estimate of drug-likeness (QED) is 0.491. The predicted molar refractivity (Wildman–Crippen MR) is 130 cm³/mol. The van der Waals surface area contributed by atoms with Gasteiger partial charge < -0.3 is 16.4 Å². The van der Waals surface area contributed by atoms with Crippen molar-refractivity contribution in [2.75, 3.05) is 16.8 Å². The summed E-state index contributed by atoms with van der Waals surface area (Å²) in [5.74, 6) is -1.49. The molecular formula is C26H28N4O3. The number of carbonyl (C=O) groups is 3. The highest BCUT2D eigenvalue weighted by molar-refractivity contribution is 6.06. The summed E-state index contributed by atoms with van der Waals surface area (Å²) < 4.78 is 0. The van der Waals surface area contributed by atoms with Crippen LogP contribution in [0.1, 0.15) is 19.4 Å². The van der Waals surface area contributed by atoms with Crippen LogP contribution in [0, 0.1) is 5.92 Å². The molecule has 170 valence electrons. The van der Waals surface area contributed by atoms with E-state index in [0.717, 1.165) is 0 Å². The SMILES string of the molecule is CC(C)C(C(N)=O)(c1ccccc1)N(C(=O)CNC(=O)Nc1ccccc1)c1ccccc1.